The first kappa shape index (κ1) is 16.5. The van der Waals surface area contributed by atoms with E-state index in [-0.39, 0.29) is 0 Å². The van der Waals surface area contributed by atoms with E-state index in [9.17, 15) is 0 Å². The first-order chi connectivity index (χ1) is 10.7. The fourth-order valence-electron chi connectivity index (χ4n) is 2.58. The van der Waals surface area contributed by atoms with E-state index in [0.29, 0.717) is 6.61 Å². The van der Waals surface area contributed by atoms with Crippen LogP contribution in [0.5, 0.6) is 11.5 Å². The van der Waals surface area contributed by atoms with Gasteiger partial charge in [-0.25, -0.2) is 0 Å². The Bertz CT molecular complexity index is 483. The molecule has 1 N–H and O–H groups in total. The Kier molecular flexibility index (Phi) is 6.37. The lowest BCUT2D eigenvalue weighted by Gasteiger charge is -2.32. The van der Waals surface area contributed by atoms with Gasteiger partial charge in [-0.05, 0) is 30.9 Å². The Morgan fingerprint density at radius 3 is 2.73 bits per heavy atom. The summed E-state index contributed by atoms with van der Waals surface area (Å²) in [5.74, 6) is 3.43. The average Bonchev–Trinajstić information content (AvgIpc) is 2.56. The van der Waals surface area contributed by atoms with Crippen LogP contribution in [0.3, 0.4) is 0 Å². The van der Waals surface area contributed by atoms with E-state index in [1.165, 1.54) is 12.8 Å². The minimum atomic E-state index is 0.594. The lowest BCUT2D eigenvalue weighted by atomic mass is 10.00. The standard InChI is InChI=1S/C17H27N3O2/c1-14-7-10-20(11-8-14)17(18-2)19-9-12-22-16-6-4-5-15(13-16)21-3/h4-6,13-14H,7-12H2,1-3H3,(H,18,19). The monoisotopic (exact) mass is 305 g/mol. The minimum absolute atomic E-state index is 0.594. The summed E-state index contributed by atoms with van der Waals surface area (Å²) in [5.41, 5.74) is 0. The van der Waals surface area contributed by atoms with E-state index in [2.05, 4.69) is 22.1 Å². The van der Waals surface area contributed by atoms with E-state index in [1.807, 2.05) is 31.3 Å². The third-order valence-electron chi connectivity index (χ3n) is 3.99. The number of methoxy groups -OCH3 is 1. The molecule has 0 spiro atoms. The maximum absolute atomic E-state index is 5.73. The summed E-state index contributed by atoms with van der Waals surface area (Å²) in [6, 6.07) is 7.66. The zero-order valence-electron chi connectivity index (χ0n) is 13.8. The van der Waals surface area contributed by atoms with Gasteiger partial charge in [0.05, 0.1) is 13.7 Å². The van der Waals surface area contributed by atoms with E-state index in [4.69, 9.17) is 9.47 Å². The number of nitrogens with one attached hydrogen (secondary N) is 1. The summed E-state index contributed by atoms with van der Waals surface area (Å²) in [6.45, 7) is 5.80. The van der Waals surface area contributed by atoms with Gasteiger partial charge in [0.25, 0.3) is 0 Å². The predicted molar refractivity (Wildman–Crippen MR) is 89.8 cm³/mol. The van der Waals surface area contributed by atoms with Crippen molar-refractivity contribution in [3.05, 3.63) is 24.3 Å². The normalized spacial score (nSPS) is 16.5. The summed E-state index contributed by atoms with van der Waals surface area (Å²) in [4.78, 5) is 6.69. The Morgan fingerprint density at radius 2 is 2.05 bits per heavy atom. The average molecular weight is 305 g/mol. The van der Waals surface area contributed by atoms with Crippen molar-refractivity contribution in [3.63, 3.8) is 0 Å². The van der Waals surface area contributed by atoms with Crippen LogP contribution in [0, 0.1) is 5.92 Å². The topological polar surface area (TPSA) is 46.1 Å². The molecule has 0 saturated carbocycles. The smallest absolute Gasteiger partial charge is 0.193 e. The molecule has 2 rings (SSSR count). The number of likely N-dealkylation sites (tertiary alicyclic amines) is 1. The van der Waals surface area contributed by atoms with Crippen molar-refractivity contribution in [3.8, 4) is 11.5 Å². The fraction of sp³-hybridized carbons (Fsp3) is 0.588. The first-order valence-electron chi connectivity index (χ1n) is 7.95. The highest BCUT2D eigenvalue weighted by atomic mass is 16.5. The molecule has 22 heavy (non-hydrogen) atoms. The number of hydrogen-bond acceptors (Lipinski definition) is 3. The van der Waals surface area contributed by atoms with Crippen LogP contribution in [0.25, 0.3) is 0 Å². The van der Waals surface area contributed by atoms with Gasteiger partial charge in [-0.3, -0.25) is 4.99 Å². The summed E-state index contributed by atoms with van der Waals surface area (Å²) in [7, 11) is 3.49. The van der Waals surface area contributed by atoms with Crippen LogP contribution in [0.2, 0.25) is 0 Å². The Balaban J connectivity index is 1.72. The van der Waals surface area contributed by atoms with Crippen LogP contribution in [0.4, 0.5) is 0 Å². The van der Waals surface area contributed by atoms with Crippen LogP contribution in [0.15, 0.2) is 29.3 Å². The molecule has 0 aromatic heterocycles. The van der Waals surface area contributed by atoms with Gasteiger partial charge in [0, 0.05) is 26.2 Å². The highest BCUT2D eigenvalue weighted by Gasteiger charge is 2.18. The Hall–Kier alpha value is -1.91. The largest absolute Gasteiger partial charge is 0.497 e. The predicted octanol–water partition coefficient (Wildman–Crippen LogP) is 2.38. The van der Waals surface area contributed by atoms with Gasteiger partial charge in [-0.2, -0.15) is 0 Å². The first-order valence-corrected chi connectivity index (χ1v) is 7.95. The summed E-state index contributed by atoms with van der Waals surface area (Å²) in [6.07, 6.45) is 2.47. The van der Waals surface area contributed by atoms with E-state index >= 15 is 0 Å². The lowest BCUT2D eigenvalue weighted by molar-refractivity contribution is 0.269. The van der Waals surface area contributed by atoms with Gasteiger partial charge in [0.2, 0.25) is 0 Å². The van der Waals surface area contributed by atoms with E-state index in [0.717, 1.165) is 43.0 Å². The van der Waals surface area contributed by atoms with Gasteiger partial charge < -0.3 is 19.7 Å². The third kappa shape index (κ3) is 4.83. The van der Waals surface area contributed by atoms with Crippen LogP contribution in [-0.4, -0.2) is 51.3 Å². The maximum atomic E-state index is 5.73. The van der Waals surface area contributed by atoms with Crippen molar-refractivity contribution in [2.75, 3.05) is 40.4 Å². The van der Waals surface area contributed by atoms with Crippen LogP contribution >= 0.6 is 0 Å². The van der Waals surface area contributed by atoms with Gasteiger partial charge in [0.1, 0.15) is 18.1 Å². The molecule has 0 aliphatic carbocycles. The Labute approximate surface area is 133 Å². The van der Waals surface area contributed by atoms with Gasteiger partial charge in [-0.15, -0.1) is 0 Å². The molecule has 1 saturated heterocycles. The molecule has 0 radical (unpaired) electrons. The highest BCUT2D eigenvalue weighted by molar-refractivity contribution is 5.79. The zero-order valence-corrected chi connectivity index (χ0v) is 13.8. The molecule has 0 bridgehead atoms. The number of rotatable bonds is 5. The molecule has 0 unspecified atom stereocenters. The van der Waals surface area contributed by atoms with Crippen molar-refractivity contribution in [1.29, 1.82) is 0 Å². The van der Waals surface area contributed by atoms with Crippen molar-refractivity contribution >= 4 is 5.96 Å². The molecule has 1 aliphatic rings. The van der Waals surface area contributed by atoms with Crippen molar-refractivity contribution in [1.82, 2.24) is 10.2 Å². The van der Waals surface area contributed by atoms with Crippen molar-refractivity contribution < 1.29 is 9.47 Å². The van der Waals surface area contributed by atoms with Crippen molar-refractivity contribution in [2.45, 2.75) is 19.8 Å². The molecular weight excluding hydrogens is 278 g/mol. The summed E-state index contributed by atoms with van der Waals surface area (Å²) < 4.78 is 10.9. The van der Waals surface area contributed by atoms with Crippen LogP contribution < -0.4 is 14.8 Å². The fourth-order valence-corrected chi connectivity index (χ4v) is 2.58. The van der Waals surface area contributed by atoms with Gasteiger partial charge in [0.15, 0.2) is 5.96 Å². The van der Waals surface area contributed by atoms with Gasteiger partial charge >= 0.3 is 0 Å². The second-order valence-corrected chi connectivity index (χ2v) is 5.67. The van der Waals surface area contributed by atoms with E-state index < -0.39 is 0 Å². The second-order valence-electron chi connectivity index (χ2n) is 5.67. The maximum Gasteiger partial charge on any atom is 0.193 e. The number of ether oxygens (including phenoxy) is 2. The molecule has 5 nitrogen and oxygen atoms in total. The highest BCUT2D eigenvalue weighted by Crippen LogP contribution is 2.18. The van der Waals surface area contributed by atoms with Gasteiger partial charge in [-0.1, -0.05) is 13.0 Å². The van der Waals surface area contributed by atoms with E-state index in [1.54, 1.807) is 7.11 Å². The molecule has 0 atom stereocenters. The molecule has 1 aliphatic heterocycles. The van der Waals surface area contributed by atoms with Crippen LogP contribution in [0.1, 0.15) is 19.8 Å². The molecule has 1 heterocycles. The zero-order chi connectivity index (χ0) is 15.8. The third-order valence-corrected chi connectivity index (χ3v) is 3.99. The molecule has 1 aromatic rings. The minimum Gasteiger partial charge on any atom is -0.497 e. The number of nitrogens with zero attached hydrogens (tertiary/aromatic N) is 2. The molecular formula is C17H27N3O2. The lowest BCUT2D eigenvalue weighted by Crippen LogP contribution is -2.46. The molecule has 1 aromatic carbocycles. The quantitative estimate of drug-likeness (QED) is 0.515. The number of piperidine rings is 1. The number of aliphatic imine (C=N–C) groups is 1. The summed E-state index contributed by atoms with van der Waals surface area (Å²) in [5, 5.41) is 3.37. The second kappa shape index (κ2) is 8.51. The molecule has 1 fully saturated rings. The molecule has 5 heteroatoms. The SMILES string of the molecule is CN=C(NCCOc1cccc(OC)c1)N1CCC(C)CC1. The Morgan fingerprint density at radius 1 is 1.32 bits per heavy atom. The number of hydrogen-bond donors (Lipinski definition) is 1. The number of guanidine groups is 1. The van der Waals surface area contributed by atoms with Crippen LogP contribution in [-0.2, 0) is 0 Å². The van der Waals surface area contributed by atoms with Crippen molar-refractivity contribution in [2.24, 2.45) is 10.9 Å². The number of benzene rings is 1. The summed E-state index contributed by atoms with van der Waals surface area (Å²) >= 11 is 0. The molecule has 0 amide bonds. The molecule has 122 valence electrons.